The largest absolute Gasteiger partial charge is 0.491 e. The number of fused-ring (bicyclic) bond motifs is 1. The summed E-state index contributed by atoms with van der Waals surface area (Å²) in [4.78, 5) is 29.1. The van der Waals surface area contributed by atoms with E-state index in [9.17, 15) is 14.0 Å². The number of nitrogens with zero attached hydrogens (tertiary/aromatic N) is 2. The van der Waals surface area contributed by atoms with Gasteiger partial charge < -0.3 is 14.0 Å². The molecular formula is C21H21FN2O4S. The lowest BCUT2D eigenvalue weighted by Gasteiger charge is -2.09. The fourth-order valence-corrected chi connectivity index (χ4v) is 3.77. The third-order valence-corrected chi connectivity index (χ3v) is 4.95. The second-order valence-electron chi connectivity index (χ2n) is 6.50. The van der Waals surface area contributed by atoms with E-state index in [0.29, 0.717) is 26.3 Å². The van der Waals surface area contributed by atoms with Gasteiger partial charge in [-0.05, 0) is 63.2 Å². The van der Waals surface area contributed by atoms with Crippen LogP contribution in [0.3, 0.4) is 0 Å². The minimum Gasteiger partial charge on any atom is -0.491 e. The molecule has 0 spiro atoms. The van der Waals surface area contributed by atoms with Gasteiger partial charge in [0.05, 0.1) is 22.9 Å². The molecule has 0 N–H and O–H groups in total. The molecule has 0 aliphatic carbocycles. The zero-order valence-corrected chi connectivity index (χ0v) is 17.2. The van der Waals surface area contributed by atoms with E-state index in [-0.39, 0.29) is 19.3 Å². The third-order valence-electron chi connectivity index (χ3n) is 3.91. The smallest absolute Gasteiger partial charge is 0.326 e. The van der Waals surface area contributed by atoms with E-state index >= 15 is 0 Å². The molecule has 0 bridgehead atoms. The number of carbonyl (C=O) groups is 2. The molecule has 0 saturated carbocycles. The first-order chi connectivity index (χ1) is 13.9. The van der Waals surface area contributed by atoms with E-state index in [1.165, 1.54) is 12.1 Å². The maximum atomic E-state index is 13.6. The van der Waals surface area contributed by atoms with Crippen molar-refractivity contribution in [2.24, 2.45) is 4.99 Å². The Morgan fingerprint density at radius 3 is 2.55 bits per heavy atom. The van der Waals surface area contributed by atoms with Gasteiger partial charge in [0.25, 0.3) is 5.91 Å². The van der Waals surface area contributed by atoms with Crippen LogP contribution in [0.2, 0.25) is 0 Å². The standard InChI is InChI=1S/C21H21FN2O4S/c1-4-27-19(25)12-24-17-10-7-15(22)11-18(17)29-21(24)23-20(26)14-5-8-16(9-6-14)28-13(2)3/h5-11,13H,4,12H2,1-3H3. The summed E-state index contributed by atoms with van der Waals surface area (Å²) in [5.74, 6) is -0.668. The predicted molar refractivity (Wildman–Crippen MR) is 109 cm³/mol. The number of hydrogen-bond donors (Lipinski definition) is 0. The van der Waals surface area contributed by atoms with Crippen molar-refractivity contribution in [1.82, 2.24) is 4.57 Å². The summed E-state index contributed by atoms with van der Waals surface area (Å²) in [5, 5.41) is 0. The summed E-state index contributed by atoms with van der Waals surface area (Å²) in [7, 11) is 0. The Morgan fingerprint density at radius 2 is 1.90 bits per heavy atom. The Kier molecular flexibility index (Phi) is 6.43. The third kappa shape index (κ3) is 5.08. The average molecular weight is 416 g/mol. The summed E-state index contributed by atoms with van der Waals surface area (Å²) < 4.78 is 26.3. The van der Waals surface area contributed by atoms with Crippen molar-refractivity contribution in [3.05, 3.63) is 58.6 Å². The summed E-state index contributed by atoms with van der Waals surface area (Å²) in [6.45, 7) is 5.67. The SMILES string of the molecule is CCOC(=O)Cn1c(=NC(=O)c2ccc(OC(C)C)cc2)sc2cc(F)ccc21. The van der Waals surface area contributed by atoms with Gasteiger partial charge in [-0.2, -0.15) is 4.99 Å². The van der Waals surface area contributed by atoms with Crippen LogP contribution < -0.4 is 9.54 Å². The molecule has 6 nitrogen and oxygen atoms in total. The zero-order valence-electron chi connectivity index (χ0n) is 16.3. The van der Waals surface area contributed by atoms with Crippen LogP contribution in [-0.4, -0.2) is 29.2 Å². The molecule has 1 amide bonds. The number of thiazole rings is 1. The molecule has 0 saturated heterocycles. The fourth-order valence-electron chi connectivity index (χ4n) is 2.72. The molecule has 0 atom stereocenters. The van der Waals surface area contributed by atoms with Gasteiger partial charge >= 0.3 is 5.97 Å². The Hall–Kier alpha value is -3.00. The van der Waals surface area contributed by atoms with Crippen LogP contribution in [0.15, 0.2) is 47.5 Å². The Bertz CT molecular complexity index is 1100. The van der Waals surface area contributed by atoms with E-state index in [1.807, 2.05) is 13.8 Å². The van der Waals surface area contributed by atoms with E-state index < -0.39 is 17.7 Å². The van der Waals surface area contributed by atoms with Gasteiger partial charge in [-0.15, -0.1) is 0 Å². The lowest BCUT2D eigenvalue weighted by atomic mass is 10.2. The molecule has 0 unspecified atom stereocenters. The molecule has 0 aliphatic rings. The molecule has 0 radical (unpaired) electrons. The Labute approximate surface area is 171 Å². The number of benzene rings is 2. The first kappa shape index (κ1) is 20.7. The van der Waals surface area contributed by atoms with Crippen molar-refractivity contribution >= 4 is 33.4 Å². The second kappa shape index (κ2) is 9.00. The minimum atomic E-state index is -0.467. The van der Waals surface area contributed by atoms with Gasteiger partial charge in [0.1, 0.15) is 18.1 Å². The van der Waals surface area contributed by atoms with Crippen LogP contribution in [0.4, 0.5) is 4.39 Å². The number of carbonyl (C=O) groups excluding carboxylic acids is 2. The molecule has 152 valence electrons. The molecular weight excluding hydrogens is 395 g/mol. The van der Waals surface area contributed by atoms with E-state index in [0.717, 1.165) is 11.3 Å². The van der Waals surface area contributed by atoms with Gasteiger partial charge in [0.2, 0.25) is 0 Å². The number of amides is 1. The van der Waals surface area contributed by atoms with Crippen LogP contribution in [-0.2, 0) is 16.1 Å². The molecule has 8 heteroatoms. The minimum absolute atomic E-state index is 0.0296. The van der Waals surface area contributed by atoms with Crippen LogP contribution in [0.1, 0.15) is 31.1 Å². The number of rotatable bonds is 6. The van der Waals surface area contributed by atoms with Crippen LogP contribution in [0.5, 0.6) is 5.75 Å². The van der Waals surface area contributed by atoms with Gasteiger partial charge in [-0.25, -0.2) is 4.39 Å². The highest BCUT2D eigenvalue weighted by Gasteiger charge is 2.13. The maximum Gasteiger partial charge on any atom is 0.326 e. The lowest BCUT2D eigenvalue weighted by Crippen LogP contribution is -2.23. The number of ether oxygens (including phenoxy) is 2. The molecule has 0 aliphatic heterocycles. The fraction of sp³-hybridized carbons (Fsp3) is 0.286. The average Bonchev–Trinajstić information content (AvgIpc) is 2.98. The predicted octanol–water partition coefficient (Wildman–Crippen LogP) is 3.93. The van der Waals surface area contributed by atoms with Crippen molar-refractivity contribution in [3.8, 4) is 5.75 Å². The van der Waals surface area contributed by atoms with Crippen molar-refractivity contribution in [2.75, 3.05) is 6.61 Å². The monoisotopic (exact) mass is 416 g/mol. The summed E-state index contributed by atoms with van der Waals surface area (Å²) in [6, 6.07) is 10.9. The highest BCUT2D eigenvalue weighted by molar-refractivity contribution is 7.16. The van der Waals surface area contributed by atoms with Gasteiger partial charge in [0, 0.05) is 5.56 Å². The highest BCUT2D eigenvalue weighted by atomic mass is 32.1. The van der Waals surface area contributed by atoms with Crippen molar-refractivity contribution in [2.45, 2.75) is 33.4 Å². The van der Waals surface area contributed by atoms with Crippen LogP contribution >= 0.6 is 11.3 Å². The molecule has 3 rings (SSSR count). The first-order valence-corrected chi connectivity index (χ1v) is 9.99. The number of halogens is 1. The summed E-state index contributed by atoms with van der Waals surface area (Å²) in [5.41, 5.74) is 0.990. The van der Waals surface area contributed by atoms with Gasteiger partial charge in [-0.1, -0.05) is 11.3 Å². The van der Waals surface area contributed by atoms with Crippen molar-refractivity contribution < 1.29 is 23.5 Å². The number of aromatic nitrogens is 1. The maximum absolute atomic E-state index is 13.6. The Balaban J connectivity index is 1.99. The quantitative estimate of drug-likeness (QED) is 0.571. The molecule has 1 aromatic heterocycles. The first-order valence-electron chi connectivity index (χ1n) is 9.17. The van der Waals surface area contributed by atoms with Crippen molar-refractivity contribution in [1.29, 1.82) is 0 Å². The normalized spacial score (nSPS) is 11.8. The van der Waals surface area contributed by atoms with Crippen LogP contribution in [0.25, 0.3) is 10.2 Å². The molecule has 1 heterocycles. The van der Waals surface area contributed by atoms with Crippen molar-refractivity contribution in [3.63, 3.8) is 0 Å². The zero-order chi connectivity index (χ0) is 21.0. The number of hydrogen-bond acceptors (Lipinski definition) is 5. The molecule has 0 fully saturated rings. The van der Waals surface area contributed by atoms with E-state index in [2.05, 4.69) is 4.99 Å². The van der Waals surface area contributed by atoms with Gasteiger partial charge in [-0.3, -0.25) is 9.59 Å². The molecule has 3 aromatic rings. The second-order valence-corrected chi connectivity index (χ2v) is 7.50. The van der Waals surface area contributed by atoms with E-state index in [4.69, 9.17) is 9.47 Å². The molecule has 29 heavy (non-hydrogen) atoms. The molecule has 2 aromatic carbocycles. The van der Waals surface area contributed by atoms with Gasteiger partial charge in [0.15, 0.2) is 4.80 Å². The van der Waals surface area contributed by atoms with E-state index in [1.54, 1.807) is 41.8 Å². The van der Waals surface area contributed by atoms with Crippen LogP contribution in [0, 0.1) is 5.82 Å². The summed E-state index contributed by atoms with van der Waals surface area (Å²) in [6.07, 6.45) is 0.0296. The topological polar surface area (TPSA) is 69.9 Å². The lowest BCUT2D eigenvalue weighted by molar-refractivity contribution is -0.143. The highest BCUT2D eigenvalue weighted by Crippen LogP contribution is 2.19. The Morgan fingerprint density at radius 1 is 1.17 bits per heavy atom. The summed E-state index contributed by atoms with van der Waals surface area (Å²) >= 11 is 1.14. The number of esters is 1.